The summed E-state index contributed by atoms with van der Waals surface area (Å²) in [5.74, 6) is 0.901. The zero-order valence-corrected chi connectivity index (χ0v) is 20.1. The highest BCUT2D eigenvalue weighted by Gasteiger charge is 2.20. The van der Waals surface area contributed by atoms with Gasteiger partial charge in [0.15, 0.2) is 5.96 Å². The van der Waals surface area contributed by atoms with Crippen LogP contribution in [0.5, 0.6) is 0 Å². The molecule has 0 amide bonds. The van der Waals surface area contributed by atoms with E-state index in [1.54, 1.807) is 0 Å². The molecular weight excluding hydrogens is 485 g/mol. The van der Waals surface area contributed by atoms with Gasteiger partial charge in [-0.15, -0.1) is 24.0 Å². The van der Waals surface area contributed by atoms with E-state index in [1.165, 1.54) is 6.26 Å². The summed E-state index contributed by atoms with van der Waals surface area (Å²) in [6.07, 6.45) is 1.85. The molecule has 0 aliphatic rings. The van der Waals surface area contributed by atoms with E-state index < -0.39 is 9.84 Å². The largest absolute Gasteiger partial charge is 0.357 e. The van der Waals surface area contributed by atoms with Crippen molar-refractivity contribution in [3.8, 4) is 0 Å². The molecule has 1 unspecified atom stereocenters. The Hall–Kier alpha value is -0.540. The Morgan fingerprint density at radius 1 is 1.27 bits per heavy atom. The maximum atomic E-state index is 11.4. The normalized spacial score (nSPS) is 13.7. The fourth-order valence-corrected chi connectivity index (χ4v) is 3.24. The van der Waals surface area contributed by atoms with Crippen molar-refractivity contribution in [2.75, 3.05) is 25.1 Å². The molecule has 0 saturated carbocycles. The van der Waals surface area contributed by atoms with Gasteiger partial charge in [0, 0.05) is 24.4 Å². The van der Waals surface area contributed by atoms with Gasteiger partial charge in [-0.3, -0.25) is 4.99 Å². The maximum absolute atomic E-state index is 11.4. The number of aliphatic imine (C=N–C) groups is 1. The van der Waals surface area contributed by atoms with Crippen molar-refractivity contribution < 1.29 is 8.42 Å². The van der Waals surface area contributed by atoms with Gasteiger partial charge >= 0.3 is 0 Å². The van der Waals surface area contributed by atoms with Crippen molar-refractivity contribution in [1.29, 1.82) is 0 Å². The molecule has 1 rings (SSSR count). The third kappa shape index (κ3) is 10.6. The molecule has 0 aromatic heterocycles. The lowest BCUT2D eigenvalue weighted by Crippen LogP contribution is -2.39. The molecular formula is C18H31ClIN3O2S. The van der Waals surface area contributed by atoms with E-state index in [1.807, 2.05) is 45.0 Å². The summed E-state index contributed by atoms with van der Waals surface area (Å²) in [4.78, 5) is 4.64. The maximum Gasteiger partial charge on any atom is 0.191 e. The van der Waals surface area contributed by atoms with Crippen LogP contribution in [-0.2, 0) is 9.84 Å². The SMILES string of the molecule is CCNC(=NCC(C)(C)CCS(C)(=O)=O)NC(C)c1ccc(Cl)cc1.I. The fourth-order valence-electron chi connectivity index (χ4n) is 2.19. The Morgan fingerprint density at radius 2 is 1.85 bits per heavy atom. The number of nitrogens with zero attached hydrogens (tertiary/aromatic N) is 1. The minimum absolute atomic E-state index is 0. The summed E-state index contributed by atoms with van der Waals surface area (Å²) < 4.78 is 22.7. The van der Waals surface area contributed by atoms with Gasteiger partial charge < -0.3 is 10.6 Å². The lowest BCUT2D eigenvalue weighted by atomic mass is 9.90. The fraction of sp³-hybridized carbons (Fsp3) is 0.611. The smallest absolute Gasteiger partial charge is 0.191 e. The zero-order chi connectivity index (χ0) is 19.1. The second-order valence-corrected chi connectivity index (χ2v) is 9.85. The van der Waals surface area contributed by atoms with Gasteiger partial charge in [-0.05, 0) is 43.4 Å². The first-order chi connectivity index (χ1) is 11.5. The molecule has 0 radical (unpaired) electrons. The van der Waals surface area contributed by atoms with Crippen molar-refractivity contribution in [3.05, 3.63) is 34.9 Å². The highest BCUT2D eigenvalue weighted by molar-refractivity contribution is 14.0. The van der Waals surface area contributed by atoms with Gasteiger partial charge in [-0.2, -0.15) is 0 Å². The van der Waals surface area contributed by atoms with Crippen molar-refractivity contribution in [3.63, 3.8) is 0 Å². The van der Waals surface area contributed by atoms with Crippen LogP contribution in [0.15, 0.2) is 29.3 Å². The van der Waals surface area contributed by atoms with Gasteiger partial charge in [0.25, 0.3) is 0 Å². The first kappa shape index (κ1) is 25.5. The van der Waals surface area contributed by atoms with Crippen LogP contribution in [0.2, 0.25) is 5.02 Å². The summed E-state index contributed by atoms with van der Waals surface area (Å²) in [7, 11) is -2.96. The summed E-state index contributed by atoms with van der Waals surface area (Å²) in [5.41, 5.74) is 0.931. The number of guanidine groups is 1. The number of rotatable bonds is 8. The monoisotopic (exact) mass is 515 g/mol. The topological polar surface area (TPSA) is 70.6 Å². The van der Waals surface area contributed by atoms with Gasteiger partial charge in [0.1, 0.15) is 9.84 Å². The predicted octanol–water partition coefficient (Wildman–Crippen LogP) is 4.04. The van der Waals surface area contributed by atoms with Crippen LogP contribution in [0.4, 0.5) is 0 Å². The molecule has 5 nitrogen and oxygen atoms in total. The van der Waals surface area contributed by atoms with Gasteiger partial charge in [0.05, 0.1) is 11.8 Å². The molecule has 0 saturated heterocycles. The molecule has 0 fully saturated rings. The van der Waals surface area contributed by atoms with Crippen LogP contribution in [0, 0.1) is 5.41 Å². The molecule has 0 bridgehead atoms. The van der Waals surface area contributed by atoms with Crippen molar-refractivity contribution >= 4 is 51.4 Å². The quantitative estimate of drug-likeness (QED) is 0.311. The van der Waals surface area contributed by atoms with Crippen LogP contribution in [0.3, 0.4) is 0 Å². The summed E-state index contributed by atoms with van der Waals surface area (Å²) in [5, 5.41) is 7.32. The minimum Gasteiger partial charge on any atom is -0.357 e. The van der Waals surface area contributed by atoms with E-state index in [0.29, 0.717) is 18.0 Å². The third-order valence-electron chi connectivity index (χ3n) is 3.88. The molecule has 1 aromatic rings. The highest BCUT2D eigenvalue weighted by Crippen LogP contribution is 2.21. The van der Waals surface area contributed by atoms with E-state index in [0.717, 1.165) is 18.1 Å². The number of benzene rings is 1. The standard InChI is InChI=1S/C18H30ClN3O2S.HI/c1-6-20-17(21-13-18(3,4)11-12-25(5,23)24)22-14(2)15-7-9-16(19)10-8-15;/h7-10,14H,6,11-13H2,1-5H3,(H2,20,21,22);1H. The van der Waals surface area contributed by atoms with Crippen LogP contribution < -0.4 is 10.6 Å². The van der Waals surface area contributed by atoms with E-state index in [2.05, 4.69) is 22.5 Å². The molecule has 2 N–H and O–H groups in total. The second-order valence-electron chi connectivity index (χ2n) is 7.16. The number of sulfone groups is 1. The van der Waals surface area contributed by atoms with E-state index in [4.69, 9.17) is 11.6 Å². The lowest BCUT2D eigenvalue weighted by Gasteiger charge is -2.24. The first-order valence-corrected chi connectivity index (χ1v) is 10.9. The minimum atomic E-state index is -2.96. The van der Waals surface area contributed by atoms with Crippen LogP contribution in [0.25, 0.3) is 0 Å². The first-order valence-electron chi connectivity index (χ1n) is 8.50. The molecule has 26 heavy (non-hydrogen) atoms. The van der Waals surface area contributed by atoms with E-state index >= 15 is 0 Å². The Kier molecular flexibility index (Phi) is 11.1. The molecule has 0 spiro atoms. The predicted molar refractivity (Wildman–Crippen MR) is 123 cm³/mol. The van der Waals surface area contributed by atoms with Crippen molar-refractivity contribution in [2.24, 2.45) is 10.4 Å². The molecule has 150 valence electrons. The Labute approximate surface area is 180 Å². The van der Waals surface area contributed by atoms with Gasteiger partial charge in [-0.1, -0.05) is 37.6 Å². The number of hydrogen-bond donors (Lipinski definition) is 2. The second kappa shape index (κ2) is 11.3. The number of halogens is 2. The molecule has 0 aliphatic carbocycles. The van der Waals surface area contributed by atoms with Gasteiger partial charge in [-0.25, -0.2) is 8.42 Å². The Bertz CT molecular complexity index is 676. The summed E-state index contributed by atoms with van der Waals surface area (Å²) in [6, 6.07) is 7.79. The molecule has 8 heteroatoms. The van der Waals surface area contributed by atoms with Crippen molar-refractivity contribution in [2.45, 2.75) is 40.2 Å². The third-order valence-corrected chi connectivity index (χ3v) is 5.08. The molecule has 1 atom stereocenters. The van der Waals surface area contributed by atoms with Gasteiger partial charge in [0.2, 0.25) is 0 Å². The van der Waals surface area contributed by atoms with Crippen molar-refractivity contribution in [1.82, 2.24) is 10.6 Å². The molecule has 0 heterocycles. The molecule has 1 aromatic carbocycles. The number of hydrogen-bond acceptors (Lipinski definition) is 3. The lowest BCUT2D eigenvalue weighted by molar-refractivity contribution is 0.365. The van der Waals surface area contributed by atoms with E-state index in [-0.39, 0.29) is 41.2 Å². The average molecular weight is 516 g/mol. The van der Waals surface area contributed by atoms with Crippen LogP contribution in [0.1, 0.15) is 45.7 Å². The van der Waals surface area contributed by atoms with E-state index in [9.17, 15) is 8.42 Å². The molecule has 0 aliphatic heterocycles. The van der Waals surface area contributed by atoms with Crippen LogP contribution in [-0.4, -0.2) is 39.5 Å². The summed E-state index contributed by atoms with van der Waals surface area (Å²) >= 11 is 5.93. The van der Waals surface area contributed by atoms with Crippen LogP contribution >= 0.6 is 35.6 Å². The Morgan fingerprint density at radius 3 is 2.35 bits per heavy atom. The Balaban J connectivity index is 0.00000625. The number of nitrogens with one attached hydrogen (secondary N) is 2. The zero-order valence-electron chi connectivity index (χ0n) is 16.2. The average Bonchev–Trinajstić information content (AvgIpc) is 2.51. The highest BCUT2D eigenvalue weighted by atomic mass is 127. The summed E-state index contributed by atoms with van der Waals surface area (Å²) in [6.45, 7) is 9.44.